The molecular formula is C23H19ClFN3O4. The molecule has 0 radical (unpaired) electrons. The van der Waals surface area contributed by atoms with Crippen molar-refractivity contribution in [1.29, 1.82) is 0 Å². The molecule has 32 heavy (non-hydrogen) atoms. The number of rotatable bonds is 5. The predicted molar refractivity (Wildman–Crippen MR) is 115 cm³/mol. The minimum Gasteiger partial charge on any atom is -0.348 e. The zero-order valence-corrected chi connectivity index (χ0v) is 17.6. The molecule has 0 spiro atoms. The van der Waals surface area contributed by atoms with Crippen LogP contribution in [0.25, 0.3) is 6.08 Å². The van der Waals surface area contributed by atoms with Crippen molar-refractivity contribution in [2.75, 3.05) is 0 Å². The van der Waals surface area contributed by atoms with E-state index in [-0.39, 0.29) is 48.5 Å². The second-order valence-electron chi connectivity index (χ2n) is 7.57. The number of benzene rings is 2. The molecule has 0 aromatic heterocycles. The second-order valence-corrected chi connectivity index (χ2v) is 8.00. The first-order chi connectivity index (χ1) is 15.3. The van der Waals surface area contributed by atoms with E-state index in [0.717, 1.165) is 5.56 Å². The quantitative estimate of drug-likeness (QED) is 0.535. The molecule has 1 unspecified atom stereocenters. The van der Waals surface area contributed by atoms with E-state index >= 15 is 4.39 Å². The number of hydrogen-bond acceptors (Lipinski definition) is 4. The summed E-state index contributed by atoms with van der Waals surface area (Å²) < 4.78 is 15.1. The van der Waals surface area contributed by atoms with Gasteiger partial charge in [0.2, 0.25) is 17.7 Å². The van der Waals surface area contributed by atoms with Crippen molar-refractivity contribution in [3.8, 4) is 0 Å². The Balaban J connectivity index is 1.42. The van der Waals surface area contributed by atoms with Crippen LogP contribution < -0.4 is 10.6 Å². The van der Waals surface area contributed by atoms with Gasteiger partial charge in [-0.3, -0.25) is 24.5 Å². The summed E-state index contributed by atoms with van der Waals surface area (Å²) in [7, 11) is 0. The molecule has 2 heterocycles. The summed E-state index contributed by atoms with van der Waals surface area (Å²) in [5, 5.41) is 5.42. The molecule has 0 saturated carbocycles. The largest absolute Gasteiger partial charge is 0.348 e. The molecule has 4 rings (SSSR count). The van der Waals surface area contributed by atoms with Crippen molar-refractivity contribution in [3.63, 3.8) is 0 Å². The molecule has 2 aliphatic heterocycles. The summed E-state index contributed by atoms with van der Waals surface area (Å²) in [5.41, 5.74) is 1.39. The summed E-state index contributed by atoms with van der Waals surface area (Å²) in [6.45, 7) is -0.125. The third-order valence-corrected chi connectivity index (χ3v) is 5.73. The number of piperidine rings is 1. The number of fused-ring (bicyclic) bond motifs is 1. The molecule has 2 aromatic rings. The summed E-state index contributed by atoms with van der Waals surface area (Å²) in [6.07, 6.45) is 3.28. The van der Waals surface area contributed by atoms with E-state index < -0.39 is 29.6 Å². The van der Waals surface area contributed by atoms with Crippen LogP contribution in [-0.4, -0.2) is 34.6 Å². The van der Waals surface area contributed by atoms with Gasteiger partial charge in [-0.25, -0.2) is 4.39 Å². The van der Waals surface area contributed by atoms with Crippen LogP contribution in [0, 0.1) is 5.82 Å². The van der Waals surface area contributed by atoms with Crippen LogP contribution >= 0.6 is 11.6 Å². The average Bonchev–Trinajstić information content (AvgIpc) is 3.10. The van der Waals surface area contributed by atoms with Crippen LogP contribution in [0.15, 0.2) is 42.5 Å². The van der Waals surface area contributed by atoms with Gasteiger partial charge in [-0.15, -0.1) is 0 Å². The predicted octanol–water partition coefficient (Wildman–Crippen LogP) is 2.57. The lowest BCUT2D eigenvalue weighted by atomic mass is 10.0. The van der Waals surface area contributed by atoms with Crippen molar-refractivity contribution in [1.82, 2.24) is 15.5 Å². The van der Waals surface area contributed by atoms with E-state index in [0.29, 0.717) is 5.02 Å². The fourth-order valence-electron chi connectivity index (χ4n) is 3.78. The third-order valence-electron chi connectivity index (χ3n) is 5.48. The second kappa shape index (κ2) is 8.92. The zero-order valence-electron chi connectivity index (χ0n) is 16.9. The number of halogens is 2. The van der Waals surface area contributed by atoms with Gasteiger partial charge in [0.1, 0.15) is 11.9 Å². The van der Waals surface area contributed by atoms with Gasteiger partial charge < -0.3 is 10.2 Å². The van der Waals surface area contributed by atoms with Gasteiger partial charge in [0.25, 0.3) is 5.91 Å². The van der Waals surface area contributed by atoms with Gasteiger partial charge in [0.05, 0.1) is 6.54 Å². The molecule has 2 aromatic carbocycles. The Kier molecular flexibility index (Phi) is 6.05. The zero-order chi connectivity index (χ0) is 22.8. The number of nitrogens with one attached hydrogen (secondary N) is 2. The molecule has 7 nitrogen and oxygen atoms in total. The van der Waals surface area contributed by atoms with Gasteiger partial charge in [0, 0.05) is 40.8 Å². The van der Waals surface area contributed by atoms with E-state index in [9.17, 15) is 19.2 Å². The lowest BCUT2D eigenvalue weighted by Crippen LogP contribution is -2.52. The first-order valence-electron chi connectivity index (χ1n) is 10.00. The molecule has 4 amide bonds. The smallest absolute Gasteiger partial charge is 0.255 e. The van der Waals surface area contributed by atoms with Crippen molar-refractivity contribution < 1.29 is 23.6 Å². The van der Waals surface area contributed by atoms with E-state index in [1.54, 1.807) is 30.3 Å². The Morgan fingerprint density at radius 2 is 1.94 bits per heavy atom. The Labute approximate surface area is 188 Å². The molecular weight excluding hydrogens is 437 g/mol. The molecule has 0 aliphatic carbocycles. The van der Waals surface area contributed by atoms with Crippen LogP contribution in [0.3, 0.4) is 0 Å². The SMILES string of the molecule is O=C(/C=C/c1ccc(Cl)cc1)NCc1ccc2c(c1F)CN(C1CCC(=O)NC1=O)C2=O. The van der Waals surface area contributed by atoms with Gasteiger partial charge in [0.15, 0.2) is 0 Å². The van der Waals surface area contributed by atoms with E-state index in [4.69, 9.17) is 11.6 Å². The van der Waals surface area contributed by atoms with Crippen molar-refractivity contribution in [2.45, 2.75) is 32.0 Å². The first kappa shape index (κ1) is 21.7. The summed E-state index contributed by atoms with van der Waals surface area (Å²) in [5.74, 6) is -2.38. The normalized spacial score (nSPS) is 18.1. The van der Waals surface area contributed by atoms with Gasteiger partial charge in [-0.2, -0.15) is 0 Å². The van der Waals surface area contributed by atoms with Crippen LogP contribution in [0.4, 0.5) is 4.39 Å². The number of nitrogens with zero attached hydrogens (tertiary/aromatic N) is 1. The van der Waals surface area contributed by atoms with Gasteiger partial charge in [-0.05, 0) is 36.3 Å². The lowest BCUT2D eigenvalue weighted by molar-refractivity contribution is -0.137. The number of imide groups is 1. The molecule has 9 heteroatoms. The Morgan fingerprint density at radius 1 is 1.19 bits per heavy atom. The van der Waals surface area contributed by atoms with E-state index in [1.165, 1.54) is 23.1 Å². The Morgan fingerprint density at radius 3 is 2.66 bits per heavy atom. The molecule has 1 fully saturated rings. The van der Waals surface area contributed by atoms with E-state index in [1.807, 2.05) is 0 Å². The number of amides is 4. The minimum atomic E-state index is -0.812. The molecule has 2 aliphatic rings. The number of carbonyl (C=O) groups is 4. The highest BCUT2D eigenvalue weighted by molar-refractivity contribution is 6.30. The standard InChI is InChI=1S/C23H19ClFN3O4/c24-15-5-1-13(2-6-15)3-9-19(29)26-11-14-4-7-16-17(21(14)25)12-28(23(16)32)18-8-10-20(30)27-22(18)31/h1-7,9,18H,8,10-12H2,(H,26,29)(H,27,30,31)/b9-3+. The fraction of sp³-hybridized carbons (Fsp3) is 0.217. The maximum Gasteiger partial charge on any atom is 0.255 e. The van der Waals surface area contributed by atoms with Crippen molar-refractivity contribution in [2.24, 2.45) is 0 Å². The van der Waals surface area contributed by atoms with E-state index in [2.05, 4.69) is 10.6 Å². The topological polar surface area (TPSA) is 95.6 Å². The number of hydrogen-bond donors (Lipinski definition) is 2. The first-order valence-corrected chi connectivity index (χ1v) is 10.4. The minimum absolute atomic E-state index is 0.0600. The molecule has 0 bridgehead atoms. The van der Waals surface area contributed by atoms with Gasteiger partial charge in [-0.1, -0.05) is 29.8 Å². The highest BCUT2D eigenvalue weighted by atomic mass is 35.5. The van der Waals surface area contributed by atoms with Crippen molar-refractivity contribution >= 4 is 41.3 Å². The van der Waals surface area contributed by atoms with Crippen LogP contribution in [-0.2, 0) is 27.5 Å². The molecule has 1 atom stereocenters. The van der Waals surface area contributed by atoms with Crippen LogP contribution in [0.1, 0.15) is 39.9 Å². The Bertz CT molecular complexity index is 1150. The molecule has 1 saturated heterocycles. The summed E-state index contributed by atoms with van der Waals surface area (Å²) in [4.78, 5) is 49.6. The van der Waals surface area contributed by atoms with Crippen LogP contribution in [0.2, 0.25) is 5.02 Å². The van der Waals surface area contributed by atoms with Gasteiger partial charge >= 0.3 is 0 Å². The molecule has 2 N–H and O–H groups in total. The maximum absolute atomic E-state index is 15.1. The highest BCUT2D eigenvalue weighted by Crippen LogP contribution is 2.30. The average molecular weight is 456 g/mol. The molecule has 164 valence electrons. The van der Waals surface area contributed by atoms with Crippen molar-refractivity contribution in [3.05, 3.63) is 75.6 Å². The summed E-state index contributed by atoms with van der Waals surface area (Å²) >= 11 is 5.83. The maximum atomic E-state index is 15.1. The highest BCUT2D eigenvalue weighted by Gasteiger charge is 2.40. The lowest BCUT2D eigenvalue weighted by Gasteiger charge is -2.29. The fourth-order valence-corrected chi connectivity index (χ4v) is 3.90. The Hall–Kier alpha value is -3.52. The third kappa shape index (κ3) is 4.40. The number of carbonyl (C=O) groups excluding carboxylic acids is 4. The monoisotopic (exact) mass is 455 g/mol. The summed E-state index contributed by atoms with van der Waals surface area (Å²) in [6, 6.07) is 9.07. The van der Waals surface area contributed by atoms with Crippen LogP contribution in [0.5, 0.6) is 0 Å².